The summed E-state index contributed by atoms with van der Waals surface area (Å²) in [6, 6.07) is 9.71. The van der Waals surface area contributed by atoms with Gasteiger partial charge in [0, 0.05) is 12.1 Å². The molecule has 0 unspecified atom stereocenters. The van der Waals surface area contributed by atoms with Crippen LogP contribution in [0.2, 0.25) is 0 Å². The van der Waals surface area contributed by atoms with Gasteiger partial charge < -0.3 is 25.2 Å². The lowest BCUT2D eigenvalue weighted by molar-refractivity contribution is -0.147. The van der Waals surface area contributed by atoms with Crippen molar-refractivity contribution in [3.05, 3.63) is 35.9 Å². The van der Waals surface area contributed by atoms with Crippen LogP contribution in [-0.4, -0.2) is 47.0 Å². The van der Waals surface area contributed by atoms with Gasteiger partial charge in [-0.25, -0.2) is 9.59 Å². The summed E-state index contributed by atoms with van der Waals surface area (Å²) in [5.41, 5.74) is 0.312. The van der Waals surface area contributed by atoms with E-state index in [4.69, 9.17) is 9.47 Å². The van der Waals surface area contributed by atoms with Gasteiger partial charge in [0.05, 0.1) is 11.7 Å². The van der Waals surface area contributed by atoms with Gasteiger partial charge in [-0.2, -0.15) is 0 Å². The number of hydrogen-bond donors (Lipinski definition) is 3. The van der Waals surface area contributed by atoms with E-state index >= 15 is 0 Å². The Morgan fingerprint density at radius 2 is 1.46 bits per heavy atom. The first-order valence-corrected chi connectivity index (χ1v) is 13.3. The van der Waals surface area contributed by atoms with Crippen molar-refractivity contribution in [3.63, 3.8) is 0 Å². The molecule has 0 aromatic heterocycles. The maximum absolute atomic E-state index is 11.7. The summed E-state index contributed by atoms with van der Waals surface area (Å²) in [5.74, 6) is -1.17. The fraction of sp³-hybridized carbons (Fsp3) is 0.714. The normalized spacial score (nSPS) is 19.1. The van der Waals surface area contributed by atoms with Gasteiger partial charge >= 0.3 is 12.1 Å². The summed E-state index contributed by atoms with van der Waals surface area (Å²) in [6.07, 6.45) is 13.1. The number of carboxylic acid groups (broad SMARTS) is 1. The van der Waals surface area contributed by atoms with Crippen LogP contribution in [0.25, 0.3) is 0 Å². The van der Waals surface area contributed by atoms with Gasteiger partial charge in [-0.15, -0.1) is 0 Å². The van der Waals surface area contributed by atoms with Gasteiger partial charge in [0.15, 0.2) is 6.04 Å². The average Bonchev–Trinajstić information content (AvgIpc) is 2.82. The lowest BCUT2D eigenvalue weighted by atomic mass is 9.91. The lowest BCUT2D eigenvalue weighted by Gasteiger charge is -2.30. The van der Waals surface area contributed by atoms with E-state index in [9.17, 15) is 14.7 Å². The van der Waals surface area contributed by atoms with Crippen molar-refractivity contribution < 1.29 is 24.2 Å². The Morgan fingerprint density at radius 1 is 0.943 bits per heavy atom. The molecular formula is C28H46N2O5. The van der Waals surface area contributed by atoms with Crippen LogP contribution in [-0.2, 0) is 20.9 Å². The predicted octanol–water partition coefficient (Wildman–Crippen LogP) is 5.81. The van der Waals surface area contributed by atoms with Gasteiger partial charge in [-0.05, 0) is 58.9 Å². The maximum Gasteiger partial charge on any atom is 0.408 e. The van der Waals surface area contributed by atoms with Gasteiger partial charge in [0.25, 0.3) is 0 Å². The van der Waals surface area contributed by atoms with Gasteiger partial charge in [-0.1, -0.05) is 68.9 Å². The topological polar surface area (TPSA) is 96.9 Å². The van der Waals surface area contributed by atoms with E-state index < -0.39 is 29.8 Å². The van der Waals surface area contributed by atoms with E-state index in [-0.39, 0.29) is 6.61 Å². The van der Waals surface area contributed by atoms with E-state index in [1.54, 1.807) is 6.92 Å². The number of nitrogens with one attached hydrogen (secondary N) is 2. The Balaban J connectivity index is 0.000000279. The van der Waals surface area contributed by atoms with Crippen molar-refractivity contribution in [1.29, 1.82) is 0 Å². The number of carboxylic acids is 1. The van der Waals surface area contributed by atoms with E-state index in [2.05, 4.69) is 10.6 Å². The Hall–Kier alpha value is -2.12. The first kappa shape index (κ1) is 29.1. The molecule has 7 heteroatoms. The third-order valence-electron chi connectivity index (χ3n) is 6.44. The predicted molar refractivity (Wildman–Crippen MR) is 138 cm³/mol. The second-order valence-electron chi connectivity index (χ2n) is 10.8. The van der Waals surface area contributed by atoms with E-state index in [0.29, 0.717) is 0 Å². The molecule has 1 aromatic carbocycles. The first-order chi connectivity index (χ1) is 16.6. The zero-order chi connectivity index (χ0) is 25.7. The van der Waals surface area contributed by atoms with Crippen molar-refractivity contribution >= 4 is 12.1 Å². The zero-order valence-corrected chi connectivity index (χ0v) is 22.1. The highest BCUT2D eigenvalue weighted by atomic mass is 16.6. The number of ether oxygens (including phenoxy) is 2. The number of alkyl carbamates (subject to hydrolysis) is 1. The highest BCUT2D eigenvalue weighted by Crippen LogP contribution is 2.22. The number of carbonyl (C=O) groups excluding carboxylic acids is 1. The molecular weight excluding hydrogens is 444 g/mol. The van der Waals surface area contributed by atoms with Crippen LogP contribution >= 0.6 is 0 Å². The number of carbonyl (C=O) groups is 2. The maximum atomic E-state index is 11.7. The molecule has 7 nitrogen and oxygen atoms in total. The molecule has 2 atom stereocenters. The van der Waals surface area contributed by atoms with E-state index in [1.807, 2.05) is 51.1 Å². The van der Waals surface area contributed by atoms with Crippen LogP contribution in [0.3, 0.4) is 0 Å². The van der Waals surface area contributed by atoms with Crippen LogP contribution in [0, 0.1) is 0 Å². The Kier molecular flexibility index (Phi) is 12.6. The van der Waals surface area contributed by atoms with Crippen LogP contribution in [0.5, 0.6) is 0 Å². The number of amides is 1. The van der Waals surface area contributed by atoms with Crippen molar-refractivity contribution in [2.75, 3.05) is 0 Å². The molecule has 0 spiro atoms. The van der Waals surface area contributed by atoms with E-state index in [1.165, 1.54) is 64.2 Å². The van der Waals surface area contributed by atoms with E-state index in [0.717, 1.165) is 17.6 Å². The minimum atomic E-state index is -1.18. The molecule has 3 rings (SSSR count). The summed E-state index contributed by atoms with van der Waals surface area (Å²) in [6.45, 7) is 7.12. The van der Waals surface area contributed by atoms with Crippen LogP contribution < -0.4 is 10.6 Å². The second-order valence-corrected chi connectivity index (χ2v) is 10.8. The standard InChI is InChI=1S/C16H23NO5.C12H23N/c1-11(22-16(2,3)4)13(14(18)19)17-15(20)21-10-12-8-6-5-7-9-12;1-3-7-11(8-4-1)13-12-9-5-2-6-10-12/h5-9,11,13H,10H2,1-4H3,(H,17,20)(H,18,19);11-13H,1-10H2/t11-,13+;/m1./s1. The Labute approximate surface area is 211 Å². The molecule has 35 heavy (non-hydrogen) atoms. The number of hydrogen-bond acceptors (Lipinski definition) is 5. The molecule has 2 fully saturated rings. The molecule has 1 amide bonds. The Morgan fingerprint density at radius 3 is 1.91 bits per heavy atom. The quantitative estimate of drug-likeness (QED) is 0.425. The lowest BCUT2D eigenvalue weighted by Crippen LogP contribution is -2.50. The number of rotatable bonds is 8. The monoisotopic (exact) mass is 490 g/mol. The molecule has 0 aliphatic heterocycles. The molecule has 0 radical (unpaired) electrons. The average molecular weight is 491 g/mol. The highest BCUT2D eigenvalue weighted by molar-refractivity contribution is 5.80. The third kappa shape index (κ3) is 12.4. The first-order valence-electron chi connectivity index (χ1n) is 13.3. The molecule has 2 aliphatic rings. The smallest absolute Gasteiger partial charge is 0.408 e. The highest BCUT2D eigenvalue weighted by Gasteiger charge is 2.30. The Bertz CT molecular complexity index is 721. The van der Waals surface area contributed by atoms with Gasteiger partial charge in [0.1, 0.15) is 6.61 Å². The molecule has 0 bridgehead atoms. The minimum Gasteiger partial charge on any atom is -0.480 e. The van der Waals surface area contributed by atoms with Crippen molar-refractivity contribution in [2.45, 2.75) is 128 Å². The minimum absolute atomic E-state index is 0.0769. The van der Waals surface area contributed by atoms with Crippen LogP contribution in [0.4, 0.5) is 4.79 Å². The zero-order valence-electron chi connectivity index (χ0n) is 22.1. The molecule has 0 heterocycles. The van der Waals surface area contributed by atoms with Gasteiger partial charge in [-0.3, -0.25) is 0 Å². The van der Waals surface area contributed by atoms with Crippen LogP contribution in [0.1, 0.15) is 97.5 Å². The number of aliphatic carboxylic acids is 1. The van der Waals surface area contributed by atoms with Gasteiger partial charge in [0.2, 0.25) is 0 Å². The SMILES string of the molecule is C1CCC(NC2CCCCC2)CC1.C[C@@H](OC(C)(C)C)[C@H](NC(=O)OCc1ccccc1)C(=O)O. The molecule has 2 aliphatic carbocycles. The third-order valence-corrected chi connectivity index (χ3v) is 6.44. The molecule has 1 aromatic rings. The molecule has 0 saturated heterocycles. The van der Waals surface area contributed by atoms with Crippen molar-refractivity contribution in [2.24, 2.45) is 0 Å². The van der Waals surface area contributed by atoms with Crippen molar-refractivity contribution in [1.82, 2.24) is 10.6 Å². The summed E-state index contributed by atoms with van der Waals surface area (Å²) >= 11 is 0. The summed E-state index contributed by atoms with van der Waals surface area (Å²) in [4.78, 5) is 23.0. The molecule has 198 valence electrons. The summed E-state index contributed by atoms with van der Waals surface area (Å²) in [7, 11) is 0. The van der Waals surface area contributed by atoms with Crippen molar-refractivity contribution in [3.8, 4) is 0 Å². The molecule has 2 saturated carbocycles. The summed E-state index contributed by atoms with van der Waals surface area (Å²) in [5, 5.41) is 15.4. The van der Waals surface area contributed by atoms with Crippen LogP contribution in [0.15, 0.2) is 30.3 Å². The fourth-order valence-electron chi connectivity index (χ4n) is 4.77. The number of benzene rings is 1. The second kappa shape index (κ2) is 15.1. The largest absolute Gasteiger partial charge is 0.480 e. The summed E-state index contributed by atoms with van der Waals surface area (Å²) < 4.78 is 10.6. The fourth-order valence-corrected chi connectivity index (χ4v) is 4.77. The molecule has 3 N–H and O–H groups in total.